The Morgan fingerprint density at radius 2 is 2.40 bits per heavy atom. The van der Waals surface area contributed by atoms with Gasteiger partial charge < -0.3 is 10.0 Å². The minimum atomic E-state index is -1.00. The minimum absolute atomic E-state index is 0.167. The predicted molar refractivity (Wildman–Crippen MR) is 77.3 cm³/mol. The predicted octanol–water partition coefficient (Wildman–Crippen LogP) is 2.47. The molecule has 0 spiro atoms. The standard InChI is InChI=1S/C13H16N4O2S/c1-9(2)8-16(5-3-4-14)11-10(12(18)19)17-6-7-20-13(17)15-11/h6-7,9H,3,5,8H2,1-2H3,(H,18,19). The summed E-state index contributed by atoms with van der Waals surface area (Å²) in [5.41, 5.74) is 0.167. The van der Waals surface area contributed by atoms with Crippen molar-refractivity contribution in [3.05, 3.63) is 17.3 Å². The summed E-state index contributed by atoms with van der Waals surface area (Å²) in [6.07, 6.45) is 2.05. The summed E-state index contributed by atoms with van der Waals surface area (Å²) >= 11 is 1.40. The molecule has 6 nitrogen and oxygen atoms in total. The molecule has 0 aliphatic rings. The zero-order chi connectivity index (χ0) is 14.7. The lowest BCUT2D eigenvalue weighted by molar-refractivity contribution is 0.0690. The highest BCUT2D eigenvalue weighted by atomic mass is 32.1. The van der Waals surface area contributed by atoms with Crippen LogP contribution >= 0.6 is 11.3 Å². The number of hydrogen-bond acceptors (Lipinski definition) is 5. The van der Waals surface area contributed by atoms with Crippen molar-refractivity contribution in [2.24, 2.45) is 5.92 Å². The van der Waals surface area contributed by atoms with Gasteiger partial charge in [0.1, 0.15) is 0 Å². The number of carboxylic acids is 1. The third-order valence-electron chi connectivity index (χ3n) is 2.82. The van der Waals surface area contributed by atoms with Crippen LogP contribution < -0.4 is 4.90 Å². The van der Waals surface area contributed by atoms with Crippen LogP contribution in [0.5, 0.6) is 0 Å². The summed E-state index contributed by atoms with van der Waals surface area (Å²) in [5, 5.41) is 20.0. The number of fused-ring (bicyclic) bond motifs is 1. The largest absolute Gasteiger partial charge is 0.476 e. The fraction of sp³-hybridized carbons (Fsp3) is 0.462. The molecule has 20 heavy (non-hydrogen) atoms. The topological polar surface area (TPSA) is 81.6 Å². The van der Waals surface area contributed by atoms with Gasteiger partial charge in [-0.05, 0) is 5.92 Å². The van der Waals surface area contributed by atoms with Crippen molar-refractivity contribution in [1.82, 2.24) is 9.38 Å². The van der Waals surface area contributed by atoms with Gasteiger partial charge in [-0.15, -0.1) is 11.3 Å². The monoisotopic (exact) mass is 292 g/mol. The summed E-state index contributed by atoms with van der Waals surface area (Å²) in [4.78, 5) is 18.5. The number of aromatic nitrogens is 2. The molecule has 0 saturated carbocycles. The first-order valence-corrected chi connectivity index (χ1v) is 7.23. The number of carbonyl (C=O) groups is 1. The van der Waals surface area contributed by atoms with Crippen LogP contribution in [0.25, 0.3) is 4.96 Å². The number of hydrogen-bond donors (Lipinski definition) is 1. The summed E-state index contributed by atoms with van der Waals surface area (Å²) in [6.45, 7) is 5.27. The molecule has 0 aromatic carbocycles. The molecule has 0 unspecified atom stereocenters. The second-order valence-electron chi connectivity index (χ2n) is 4.89. The van der Waals surface area contributed by atoms with Crippen molar-refractivity contribution < 1.29 is 9.90 Å². The fourth-order valence-electron chi connectivity index (χ4n) is 2.10. The molecule has 7 heteroatoms. The van der Waals surface area contributed by atoms with Crippen molar-refractivity contribution in [3.63, 3.8) is 0 Å². The molecule has 0 aliphatic carbocycles. The molecule has 0 radical (unpaired) electrons. The minimum Gasteiger partial charge on any atom is -0.476 e. The molecule has 2 aromatic heterocycles. The van der Waals surface area contributed by atoms with E-state index < -0.39 is 5.97 Å². The zero-order valence-corrected chi connectivity index (χ0v) is 12.2. The Balaban J connectivity index is 2.45. The number of nitriles is 1. The average molecular weight is 292 g/mol. The van der Waals surface area contributed by atoms with Crippen molar-refractivity contribution in [2.75, 3.05) is 18.0 Å². The summed E-state index contributed by atoms with van der Waals surface area (Å²) in [7, 11) is 0. The number of thiazole rings is 1. The van der Waals surface area contributed by atoms with Gasteiger partial charge in [0.2, 0.25) is 0 Å². The maximum absolute atomic E-state index is 11.5. The van der Waals surface area contributed by atoms with Gasteiger partial charge in [-0.2, -0.15) is 5.26 Å². The van der Waals surface area contributed by atoms with Crippen molar-refractivity contribution in [1.29, 1.82) is 5.26 Å². The molecule has 1 N–H and O–H groups in total. The maximum Gasteiger partial charge on any atom is 0.356 e. The van der Waals surface area contributed by atoms with Gasteiger partial charge in [-0.1, -0.05) is 13.8 Å². The highest BCUT2D eigenvalue weighted by Gasteiger charge is 2.24. The first-order chi connectivity index (χ1) is 9.54. The van der Waals surface area contributed by atoms with Crippen LogP contribution in [0.2, 0.25) is 0 Å². The Kier molecular flexibility index (Phi) is 4.25. The molecule has 0 bridgehead atoms. The van der Waals surface area contributed by atoms with E-state index in [4.69, 9.17) is 5.26 Å². The Hall–Kier alpha value is -2.07. The average Bonchev–Trinajstić information content (AvgIpc) is 2.92. The van der Waals surface area contributed by atoms with Crippen molar-refractivity contribution in [3.8, 4) is 6.07 Å². The third kappa shape index (κ3) is 2.75. The van der Waals surface area contributed by atoms with Crippen LogP contribution in [0.4, 0.5) is 5.82 Å². The van der Waals surface area contributed by atoms with Gasteiger partial charge in [-0.3, -0.25) is 4.40 Å². The van der Waals surface area contributed by atoms with E-state index in [0.717, 1.165) is 0 Å². The zero-order valence-electron chi connectivity index (χ0n) is 11.4. The van der Waals surface area contributed by atoms with Crippen molar-refractivity contribution >= 4 is 28.1 Å². The Morgan fingerprint density at radius 1 is 1.65 bits per heavy atom. The summed E-state index contributed by atoms with van der Waals surface area (Å²) in [5.74, 6) is -0.194. The molecule has 2 aromatic rings. The highest BCUT2D eigenvalue weighted by molar-refractivity contribution is 7.15. The summed E-state index contributed by atoms with van der Waals surface area (Å²) < 4.78 is 1.59. The lowest BCUT2D eigenvalue weighted by atomic mass is 10.2. The molecule has 0 fully saturated rings. The smallest absolute Gasteiger partial charge is 0.356 e. The number of aromatic carboxylic acids is 1. The molecule has 2 heterocycles. The van der Waals surface area contributed by atoms with E-state index in [1.807, 2.05) is 4.90 Å². The van der Waals surface area contributed by atoms with E-state index >= 15 is 0 Å². The molecule has 0 atom stereocenters. The van der Waals surface area contributed by atoms with Crippen LogP contribution in [-0.4, -0.2) is 33.6 Å². The first-order valence-electron chi connectivity index (χ1n) is 6.35. The lowest BCUT2D eigenvalue weighted by Gasteiger charge is -2.23. The molecular formula is C13H16N4O2S. The molecule has 0 amide bonds. The van der Waals surface area contributed by atoms with Gasteiger partial charge in [-0.25, -0.2) is 9.78 Å². The van der Waals surface area contributed by atoms with E-state index in [1.165, 1.54) is 11.3 Å². The third-order valence-corrected chi connectivity index (χ3v) is 3.58. The highest BCUT2D eigenvalue weighted by Crippen LogP contribution is 2.25. The first kappa shape index (κ1) is 14.3. The molecule has 106 valence electrons. The molecular weight excluding hydrogens is 276 g/mol. The number of carboxylic acid groups (broad SMARTS) is 1. The maximum atomic E-state index is 11.5. The number of imidazole rings is 1. The quantitative estimate of drug-likeness (QED) is 0.884. The van der Waals surface area contributed by atoms with Gasteiger partial charge in [0.15, 0.2) is 16.5 Å². The Labute approximate surface area is 120 Å². The molecule has 0 saturated heterocycles. The Bertz CT molecular complexity index is 653. The van der Waals surface area contributed by atoms with E-state index in [9.17, 15) is 9.90 Å². The van der Waals surface area contributed by atoms with E-state index in [1.54, 1.807) is 16.0 Å². The Morgan fingerprint density at radius 3 is 3.00 bits per heavy atom. The van der Waals surface area contributed by atoms with Gasteiger partial charge in [0.05, 0.1) is 12.5 Å². The summed E-state index contributed by atoms with van der Waals surface area (Å²) in [6, 6.07) is 2.10. The second kappa shape index (κ2) is 5.92. The fourth-order valence-corrected chi connectivity index (χ4v) is 2.81. The second-order valence-corrected chi connectivity index (χ2v) is 5.77. The van der Waals surface area contributed by atoms with E-state index in [2.05, 4.69) is 24.9 Å². The SMILES string of the molecule is CC(C)CN(CCC#N)c1nc2sccn2c1C(=O)O. The van der Waals surface area contributed by atoms with Crippen molar-refractivity contribution in [2.45, 2.75) is 20.3 Å². The van der Waals surface area contributed by atoms with Crippen LogP contribution in [-0.2, 0) is 0 Å². The number of anilines is 1. The van der Waals surface area contributed by atoms with E-state index in [-0.39, 0.29) is 5.69 Å². The number of nitrogens with zero attached hydrogens (tertiary/aromatic N) is 4. The van der Waals surface area contributed by atoms with Crippen LogP contribution in [0.15, 0.2) is 11.6 Å². The van der Waals surface area contributed by atoms with Crippen LogP contribution in [0, 0.1) is 17.2 Å². The molecule has 0 aliphatic heterocycles. The van der Waals surface area contributed by atoms with Gasteiger partial charge in [0, 0.05) is 24.7 Å². The normalized spacial score (nSPS) is 10.9. The van der Waals surface area contributed by atoms with E-state index in [0.29, 0.717) is 36.2 Å². The van der Waals surface area contributed by atoms with Gasteiger partial charge >= 0.3 is 5.97 Å². The molecule has 2 rings (SSSR count). The lowest BCUT2D eigenvalue weighted by Crippen LogP contribution is -2.30. The number of rotatable bonds is 6. The van der Waals surface area contributed by atoms with Crippen LogP contribution in [0.1, 0.15) is 30.8 Å². The van der Waals surface area contributed by atoms with Crippen LogP contribution in [0.3, 0.4) is 0 Å². The van der Waals surface area contributed by atoms with Gasteiger partial charge in [0.25, 0.3) is 0 Å².